The molecular weight excluding hydrogens is 218 g/mol. The van der Waals surface area contributed by atoms with Crippen LogP contribution < -0.4 is 5.73 Å². The van der Waals surface area contributed by atoms with Crippen LogP contribution in [0.1, 0.15) is 11.1 Å². The highest BCUT2D eigenvalue weighted by atomic mass is 35.5. The SMILES string of the molecule is Nc1ccc(C=Cc2ccccc2)cc1Cl. The maximum absolute atomic E-state index is 5.94. The number of hydrogen-bond acceptors (Lipinski definition) is 1. The monoisotopic (exact) mass is 229 g/mol. The quantitative estimate of drug-likeness (QED) is 0.609. The Bertz CT molecular complexity index is 503. The van der Waals surface area contributed by atoms with Crippen LogP contribution in [-0.4, -0.2) is 0 Å². The van der Waals surface area contributed by atoms with E-state index in [9.17, 15) is 0 Å². The molecule has 1 nitrogen and oxygen atoms in total. The Morgan fingerprint density at radius 1 is 0.875 bits per heavy atom. The second-order valence-electron chi connectivity index (χ2n) is 3.52. The molecule has 0 spiro atoms. The number of rotatable bonds is 2. The molecule has 0 aliphatic rings. The number of halogens is 1. The predicted molar refractivity (Wildman–Crippen MR) is 71.2 cm³/mol. The Morgan fingerprint density at radius 2 is 1.56 bits per heavy atom. The molecule has 0 saturated carbocycles. The average molecular weight is 230 g/mol. The van der Waals surface area contributed by atoms with Crippen molar-refractivity contribution in [3.05, 3.63) is 64.7 Å². The van der Waals surface area contributed by atoms with Gasteiger partial charge in [0.15, 0.2) is 0 Å². The Balaban J connectivity index is 2.21. The molecule has 80 valence electrons. The van der Waals surface area contributed by atoms with Crippen LogP contribution >= 0.6 is 11.6 Å². The molecule has 0 saturated heterocycles. The number of nitrogen functional groups attached to an aromatic ring is 1. The lowest BCUT2D eigenvalue weighted by molar-refractivity contribution is 1.63. The minimum absolute atomic E-state index is 0.593. The lowest BCUT2D eigenvalue weighted by Crippen LogP contribution is -1.85. The van der Waals surface area contributed by atoms with Crippen LogP contribution in [0.5, 0.6) is 0 Å². The zero-order valence-electron chi connectivity index (χ0n) is 8.73. The molecule has 0 amide bonds. The highest BCUT2D eigenvalue weighted by molar-refractivity contribution is 6.33. The van der Waals surface area contributed by atoms with E-state index in [2.05, 4.69) is 12.1 Å². The fourth-order valence-corrected chi connectivity index (χ4v) is 1.59. The van der Waals surface area contributed by atoms with Gasteiger partial charge in [0.1, 0.15) is 0 Å². The van der Waals surface area contributed by atoms with Crippen molar-refractivity contribution in [2.24, 2.45) is 0 Å². The van der Waals surface area contributed by atoms with Gasteiger partial charge < -0.3 is 5.73 Å². The number of nitrogens with two attached hydrogens (primary N) is 1. The first-order valence-corrected chi connectivity index (χ1v) is 5.42. The highest BCUT2D eigenvalue weighted by Gasteiger charge is 1.95. The van der Waals surface area contributed by atoms with E-state index in [-0.39, 0.29) is 0 Å². The average Bonchev–Trinajstić information content (AvgIpc) is 2.32. The zero-order chi connectivity index (χ0) is 11.4. The summed E-state index contributed by atoms with van der Waals surface area (Å²) >= 11 is 5.94. The van der Waals surface area contributed by atoms with Crippen molar-refractivity contribution < 1.29 is 0 Å². The van der Waals surface area contributed by atoms with Crippen molar-refractivity contribution in [2.75, 3.05) is 5.73 Å². The smallest absolute Gasteiger partial charge is 0.0641 e. The highest BCUT2D eigenvalue weighted by Crippen LogP contribution is 2.20. The van der Waals surface area contributed by atoms with Gasteiger partial charge in [-0.25, -0.2) is 0 Å². The van der Waals surface area contributed by atoms with E-state index < -0.39 is 0 Å². The topological polar surface area (TPSA) is 26.0 Å². The first-order chi connectivity index (χ1) is 7.75. The summed E-state index contributed by atoms with van der Waals surface area (Å²) in [6.07, 6.45) is 4.06. The molecule has 0 fully saturated rings. The molecule has 0 aliphatic carbocycles. The van der Waals surface area contributed by atoms with E-state index in [1.807, 2.05) is 48.6 Å². The van der Waals surface area contributed by atoms with Gasteiger partial charge in [0.05, 0.1) is 10.7 Å². The van der Waals surface area contributed by atoms with E-state index in [0.29, 0.717) is 10.7 Å². The van der Waals surface area contributed by atoms with Crippen LogP contribution in [-0.2, 0) is 0 Å². The summed E-state index contributed by atoms with van der Waals surface area (Å²) in [6, 6.07) is 15.7. The maximum Gasteiger partial charge on any atom is 0.0641 e. The molecule has 16 heavy (non-hydrogen) atoms. The molecule has 2 aromatic carbocycles. The summed E-state index contributed by atoms with van der Waals surface area (Å²) < 4.78 is 0. The van der Waals surface area contributed by atoms with E-state index in [1.165, 1.54) is 0 Å². The van der Waals surface area contributed by atoms with Crippen LogP contribution in [0, 0.1) is 0 Å². The van der Waals surface area contributed by atoms with Crippen molar-refractivity contribution in [3.63, 3.8) is 0 Å². The van der Waals surface area contributed by atoms with Gasteiger partial charge in [-0.1, -0.05) is 60.2 Å². The standard InChI is InChI=1S/C14H12ClN/c15-13-10-12(8-9-14(13)16)7-6-11-4-2-1-3-5-11/h1-10H,16H2. The normalized spacial score (nSPS) is 10.8. The van der Waals surface area contributed by atoms with Crippen LogP contribution in [0.3, 0.4) is 0 Å². The van der Waals surface area contributed by atoms with Gasteiger partial charge in [-0.2, -0.15) is 0 Å². The third kappa shape index (κ3) is 2.65. The van der Waals surface area contributed by atoms with E-state index >= 15 is 0 Å². The summed E-state index contributed by atoms with van der Waals surface area (Å²) in [4.78, 5) is 0. The lowest BCUT2D eigenvalue weighted by atomic mass is 10.1. The fraction of sp³-hybridized carbons (Fsp3) is 0. The summed E-state index contributed by atoms with van der Waals surface area (Å²) in [5, 5.41) is 0.593. The molecule has 2 heteroatoms. The van der Waals surface area contributed by atoms with Crippen molar-refractivity contribution in [3.8, 4) is 0 Å². The molecule has 0 radical (unpaired) electrons. The molecule has 0 aliphatic heterocycles. The van der Waals surface area contributed by atoms with Gasteiger partial charge in [0, 0.05) is 0 Å². The minimum atomic E-state index is 0.593. The first-order valence-electron chi connectivity index (χ1n) is 5.04. The van der Waals surface area contributed by atoms with Gasteiger partial charge in [0.2, 0.25) is 0 Å². The fourth-order valence-electron chi connectivity index (χ4n) is 1.40. The van der Waals surface area contributed by atoms with Crippen LogP contribution in [0.15, 0.2) is 48.5 Å². The lowest BCUT2D eigenvalue weighted by Gasteiger charge is -1.99. The molecule has 0 atom stereocenters. The molecule has 0 heterocycles. The van der Waals surface area contributed by atoms with Gasteiger partial charge >= 0.3 is 0 Å². The van der Waals surface area contributed by atoms with Crippen molar-refractivity contribution in [1.82, 2.24) is 0 Å². The Morgan fingerprint density at radius 3 is 2.25 bits per heavy atom. The summed E-state index contributed by atoms with van der Waals surface area (Å²) in [5.41, 5.74) is 8.46. The van der Waals surface area contributed by atoms with E-state index in [1.54, 1.807) is 0 Å². The number of hydrogen-bond donors (Lipinski definition) is 1. The first kappa shape index (κ1) is 10.8. The summed E-state index contributed by atoms with van der Waals surface area (Å²) in [5.74, 6) is 0. The van der Waals surface area contributed by atoms with Crippen LogP contribution in [0.4, 0.5) is 5.69 Å². The van der Waals surface area contributed by atoms with Crippen LogP contribution in [0.2, 0.25) is 5.02 Å². The summed E-state index contributed by atoms with van der Waals surface area (Å²) in [7, 11) is 0. The van der Waals surface area contributed by atoms with E-state index in [4.69, 9.17) is 17.3 Å². The minimum Gasteiger partial charge on any atom is -0.398 e. The van der Waals surface area contributed by atoms with Crippen molar-refractivity contribution in [1.29, 1.82) is 0 Å². The third-order valence-electron chi connectivity index (χ3n) is 2.29. The second-order valence-corrected chi connectivity index (χ2v) is 3.93. The molecule has 0 bridgehead atoms. The Kier molecular flexibility index (Phi) is 3.28. The van der Waals surface area contributed by atoms with Gasteiger partial charge in [-0.05, 0) is 23.3 Å². The third-order valence-corrected chi connectivity index (χ3v) is 2.62. The molecule has 2 aromatic rings. The van der Waals surface area contributed by atoms with Crippen molar-refractivity contribution >= 4 is 29.4 Å². The summed E-state index contributed by atoms with van der Waals surface area (Å²) in [6.45, 7) is 0. The largest absolute Gasteiger partial charge is 0.398 e. The second kappa shape index (κ2) is 4.86. The molecular formula is C14H12ClN. The molecule has 2 N–H and O–H groups in total. The number of anilines is 1. The Labute approximate surface area is 100 Å². The van der Waals surface area contributed by atoms with Crippen LogP contribution in [0.25, 0.3) is 12.2 Å². The van der Waals surface area contributed by atoms with Gasteiger partial charge in [0.25, 0.3) is 0 Å². The van der Waals surface area contributed by atoms with Crippen molar-refractivity contribution in [2.45, 2.75) is 0 Å². The predicted octanol–water partition coefficient (Wildman–Crippen LogP) is 4.09. The van der Waals surface area contributed by atoms with Gasteiger partial charge in [-0.3, -0.25) is 0 Å². The molecule has 0 unspecified atom stereocenters. The van der Waals surface area contributed by atoms with Gasteiger partial charge in [-0.15, -0.1) is 0 Å². The zero-order valence-corrected chi connectivity index (χ0v) is 9.48. The Hall–Kier alpha value is -1.73. The molecule has 0 aromatic heterocycles. The maximum atomic E-state index is 5.94. The molecule has 2 rings (SSSR count). The number of benzene rings is 2. The van der Waals surface area contributed by atoms with E-state index in [0.717, 1.165) is 11.1 Å².